The molecule has 0 aliphatic carbocycles. The monoisotopic (exact) mass is 376 g/mol. The maximum atomic E-state index is 12.3. The van der Waals surface area contributed by atoms with Crippen LogP contribution in [0.3, 0.4) is 0 Å². The van der Waals surface area contributed by atoms with Crippen LogP contribution in [-0.2, 0) is 22.5 Å². The number of aromatic nitrogens is 2. The van der Waals surface area contributed by atoms with Crippen LogP contribution in [0.25, 0.3) is 0 Å². The molecular weight excluding hydrogens is 344 g/mol. The minimum Gasteiger partial charge on any atom is -0.383 e. The molecule has 1 amide bonds. The molecule has 1 saturated heterocycles. The molecule has 150 valence electrons. The summed E-state index contributed by atoms with van der Waals surface area (Å²) in [5, 5.41) is 9.63. The fourth-order valence-electron chi connectivity index (χ4n) is 3.92. The summed E-state index contributed by atoms with van der Waals surface area (Å²) >= 11 is 0. The Hall–Kier alpha value is -1.77. The van der Waals surface area contributed by atoms with Crippen LogP contribution in [0.1, 0.15) is 42.8 Å². The van der Waals surface area contributed by atoms with E-state index in [1.165, 1.54) is 5.56 Å². The highest BCUT2D eigenvalue weighted by Gasteiger charge is 2.26. The summed E-state index contributed by atoms with van der Waals surface area (Å²) in [7, 11) is 3.56. The molecule has 8 nitrogen and oxygen atoms in total. The van der Waals surface area contributed by atoms with Crippen molar-refractivity contribution in [3.8, 4) is 0 Å². The molecule has 3 heterocycles. The van der Waals surface area contributed by atoms with Gasteiger partial charge in [-0.15, -0.1) is 0 Å². The first-order chi connectivity index (χ1) is 13.1. The number of nitrogens with one attached hydrogen (secondary N) is 3. The van der Waals surface area contributed by atoms with Gasteiger partial charge < -0.3 is 20.7 Å². The van der Waals surface area contributed by atoms with E-state index in [1.54, 1.807) is 7.11 Å². The number of nitrogens with zero attached hydrogens (tertiary/aromatic N) is 3. The number of hydrogen-bond acceptors (Lipinski definition) is 7. The molecule has 3 N–H and O–H groups in total. The van der Waals surface area contributed by atoms with Crippen LogP contribution in [0, 0.1) is 0 Å². The standard InChI is InChI=1S/C19H32N6O2/c1-13(12-27-3)22-17(26)11-25-9-6-15-16(10-25)23-18(24-19(15)20-2)14-4-7-21-8-5-14/h13-14,21H,4-12H2,1-3H3,(H,22,26)(H,20,23,24)/t13-/m0/s1. The Morgan fingerprint density at radius 3 is 2.85 bits per heavy atom. The SMILES string of the molecule is CNc1nc(C2CCNCC2)nc2c1CCN(CC(=O)N[C@@H](C)COC)C2. The lowest BCUT2D eigenvalue weighted by molar-refractivity contribution is -0.123. The van der Waals surface area contributed by atoms with Gasteiger partial charge in [0.05, 0.1) is 18.8 Å². The highest BCUT2D eigenvalue weighted by molar-refractivity contribution is 5.78. The number of carbonyl (C=O) groups is 1. The molecule has 2 aliphatic heterocycles. The highest BCUT2D eigenvalue weighted by atomic mass is 16.5. The number of anilines is 1. The van der Waals surface area contributed by atoms with Gasteiger partial charge in [0.2, 0.25) is 5.91 Å². The lowest BCUT2D eigenvalue weighted by Crippen LogP contribution is -2.44. The molecule has 27 heavy (non-hydrogen) atoms. The molecule has 3 rings (SSSR count). The van der Waals surface area contributed by atoms with Gasteiger partial charge in [0, 0.05) is 44.8 Å². The fourth-order valence-corrected chi connectivity index (χ4v) is 3.92. The van der Waals surface area contributed by atoms with Gasteiger partial charge in [-0.05, 0) is 39.3 Å². The average Bonchev–Trinajstić information content (AvgIpc) is 2.67. The van der Waals surface area contributed by atoms with Crippen LogP contribution in [0.5, 0.6) is 0 Å². The minimum atomic E-state index is 0.0179. The molecule has 1 aromatic rings. The van der Waals surface area contributed by atoms with Crippen molar-refractivity contribution in [1.82, 2.24) is 25.5 Å². The molecule has 0 bridgehead atoms. The number of fused-ring (bicyclic) bond motifs is 1. The van der Waals surface area contributed by atoms with E-state index < -0.39 is 0 Å². The van der Waals surface area contributed by atoms with E-state index in [-0.39, 0.29) is 11.9 Å². The maximum absolute atomic E-state index is 12.3. The molecule has 2 aliphatic rings. The average molecular weight is 377 g/mol. The molecule has 0 unspecified atom stereocenters. The summed E-state index contributed by atoms with van der Waals surface area (Å²) in [6.07, 6.45) is 3.01. The quantitative estimate of drug-likeness (QED) is 0.638. The van der Waals surface area contributed by atoms with Crippen LogP contribution in [0.2, 0.25) is 0 Å². The number of hydrogen-bond donors (Lipinski definition) is 3. The van der Waals surface area contributed by atoms with Gasteiger partial charge in [-0.1, -0.05) is 0 Å². The molecule has 0 aromatic carbocycles. The van der Waals surface area contributed by atoms with Crippen molar-refractivity contribution in [3.63, 3.8) is 0 Å². The van der Waals surface area contributed by atoms with Crippen molar-refractivity contribution < 1.29 is 9.53 Å². The van der Waals surface area contributed by atoms with Crippen molar-refractivity contribution >= 4 is 11.7 Å². The van der Waals surface area contributed by atoms with Gasteiger partial charge in [-0.2, -0.15) is 0 Å². The van der Waals surface area contributed by atoms with Gasteiger partial charge in [-0.3, -0.25) is 9.69 Å². The van der Waals surface area contributed by atoms with E-state index in [4.69, 9.17) is 14.7 Å². The first-order valence-corrected chi connectivity index (χ1v) is 9.89. The van der Waals surface area contributed by atoms with E-state index in [1.807, 2.05) is 14.0 Å². The molecule has 0 saturated carbocycles. The van der Waals surface area contributed by atoms with Crippen LogP contribution in [-0.4, -0.2) is 73.8 Å². The summed E-state index contributed by atoms with van der Waals surface area (Å²) in [4.78, 5) is 24.2. The second-order valence-electron chi connectivity index (χ2n) is 7.51. The highest BCUT2D eigenvalue weighted by Crippen LogP contribution is 2.28. The molecule has 1 aromatic heterocycles. The second kappa shape index (κ2) is 9.43. The van der Waals surface area contributed by atoms with Crippen LogP contribution >= 0.6 is 0 Å². The number of rotatable bonds is 7. The Kier molecular flexibility index (Phi) is 6.98. The number of amides is 1. The van der Waals surface area contributed by atoms with Gasteiger partial charge in [0.1, 0.15) is 11.6 Å². The lowest BCUT2D eigenvalue weighted by atomic mass is 9.96. The fraction of sp³-hybridized carbons (Fsp3) is 0.737. The van der Waals surface area contributed by atoms with E-state index >= 15 is 0 Å². The summed E-state index contributed by atoms with van der Waals surface area (Å²) in [6.45, 7) is 6.42. The predicted octanol–water partition coefficient (Wildman–Crippen LogP) is 0.495. The largest absolute Gasteiger partial charge is 0.383 e. The Labute approximate surface area is 161 Å². The zero-order valence-electron chi connectivity index (χ0n) is 16.7. The zero-order chi connectivity index (χ0) is 19.2. The van der Waals surface area contributed by atoms with Gasteiger partial charge >= 0.3 is 0 Å². The summed E-state index contributed by atoms with van der Waals surface area (Å²) in [6, 6.07) is 0.0179. The normalized spacial score (nSPS) is 19.4. The van der Waals surface area contributed by atoms with Crippen LogP contribution in [0.4, 0.5) is 5.82 Å². The number of piperidine rings is 1. The van der Waals surface area contributed by atoms with E-state index in [0.29, 0.717) is 25.6 Å². The number of carbonyl (C=O) groups excluding carboxylic acids is 1. The summed E-state index contributed by atoms with van der Waals surface area (Å²) < 4.78 is 5.08. The van der Waals surface area contributed by atoms with E-state index in [9.17, 15) is 4.79 Å². The number of ether oxygens (including phenoxy) is 1. The molecule has 0 radical (unpaired) electrons. The predicted molar refractivity (Wildman–Crippen MR) is 105 cm³/mol. The van der Waals surface area contributed by atoms with Crippen molar-refractivity contribution in [2.24, 2.45) is 0 Å². The third kappa shape index (κ3) is 5.15. The molecular formula is C19H32N6O2. The van der Waals surface area contributed by atoms with Crippen molar-refractivity contribution in [2.75, 3.05) is 52.3 Å². The Bertz CT molecular complexity index is 647. The minimum absolute atomic E-state index is 0.0179. The third-order valence-electron chi connectivity index (χ3n) is 5.29. The van der Waals surface area contributed by atoms with Crippen molar-refractivity contribution in [1.29, 1.82) is 0 Å². The van der Waals surface area contributed by atoms with Crippen molar-refractivity contribution in [2.45, 2.75) is 44.7 Å². The van der Waals surface area contributed by atoms with Crippen LogP contribution in [0.15, 0.2) is 0 Å². The lowest BCUT2D eigenvalue weighted by Gasteiger charge is -2.30. The Balaban J connectivity index is 1.69. The molecule has 1 atom stereocenters. The summed E-state index contributed by atoms with van der Waals surface area (Å²) in [5.41, 5.74) is 2.26. The topological polar surface area (TPSA) is 91.4 Å². The molecule has 0 spiro atoms. The first kappa shape index (κ1) is 20.0. The zero-order valence-corrected chi connectivity index (χ0v) is 16.7. The number of methoxy groups -OCH3 is 1. The maximum Gasteiger partial charge on any atom is 0.234 e. The van der Waals surface area contributed by atoms with Gasteiger partial charge in [0.15, 0.2) is 0 Å². The Morgan fingerprint density at radius 1 is 1.37 bits per heavy atom. The van der Waals surface area contributed by atoms with Gasteiger partial charge in [-0.25, -0.2) is 9.97 Å². The van der Waals surface area contributed by atoms with Crippen LogP contribution < -0.4 is 16.0 Å². The molecule has 1 fully saturated rings. The van der Waals surface area contributed by atoms with Gasteiger partial charge in [0.25, 0.3) is 0 Å². The van der Waals surface area contributed by atoms with Crippen molar-refractivity contribution in [3.05, 3.63) is 17.1 Å². The first-order valence-electron chi connectivity index (χ1n) is 9.89. The second-order valence-corrected chi connectivity index (χ2v) is 7.51. The third-order valence-corrected chi connectivity index (χ3v) is 5.29. The smallest absolute Gasteiger partial charge is 0.234 e. The van der Waals surface area contributed by atoms with E-state index in [0.717, 1.165) is 56.2 Å². The molecule has 8 heteroatoms. The van der Waals surface area contributed by atoms with E-state index in [2.05, 4.69) is 20.9 Å². The Morgan fingerprint density at radius 2 is 2.15 bits per heavy atom. The summed E-state index contributed by atoms with van der Waals surface area (Å²) in [5.74, 6) is 2.34.